The molecule has 0 spiro atoms. The van der Waals surface area contributed by atoms with Gasteiger partial charge in [-0.25, -0.2) is 9.78 Å². The second-order valence-electron chi connectivity index (χ2n) is 7.39. The predicted octanol–water partition coefficient (Wildman–Crippen LogP) is 1.81. The first-order valence-corrected chi connectivity index (χ1v) is 9.16. The Morgan fingerprint density at radius 1 is 1.33 bits per heavy atom. The van der Waals surface area contributed by atoms with Crippen molar-refractivity contribution >= 4 is 22.8 Å². The number of aryl methyl sites for hydroxylation is 2. The monoisotopic (exact) mass is 367 g/mol. The number of aromatic nitrogens is 4. The normalized spacial score (nSPS) is 21.0. The van der Waals surface area contributed by atoms with E-state index in [4.69, 9.17) is 4.74 Å². The third-order valence-corrected chi connectivity index (χ3v) is 5.57. The molecule has 1 aliphatic heterocycles. The minimum atomic E-state index is -0.340. The average Bonchev–Trinajstić information content (AvgIpc) is 3.16. The molecule has 1 fully saturated rings. The van der Waals surface area contributed by atoms with Gasteiger partial charge in [0.25, 0.3) is 0 Å². The van der Waals surface area contributed by atoms with E-state index in [0.717, 1.165) is 23.4 Å². The van der Waals surface area contributed by atoms with Crippen LogP contribution in [0.15, 0.2) is 23.1 Å². The van der Waals surface area contributed by atoms with Gasteiger partial charge in [0.05, 0.1) is 18.9 Å². The van der Waals surface area contributed by atoms with Gasteiger partial charge in [-0.15, -0.1) is 0 Å². The summed E-state index contributed by atoms with van der Waals surface area (Å²) in [6.45, 7) is 2.72. The van der Waals surface area contributed by atoms with Gasteiger partial charge in [-0.1, -0.05) is 0 Å². The Morgan fingerprint density at radius 3 is 2.93 bits per heavy atom. The van der Waals surface area contributed by atoms with E-state index < -0.39 is 0 Å². The molecule has 0 saturated heterocycles. The maximum absolute atomic E-state index is 12.6. The molecule has 140 valence electrons. The van der Waals surface area contributed by atoms with Crippen LogP contribution in [0.2, 0.25) is 0 Å². The fraction of sp³-hybridized carbons (Fsp3) is 0.421. The highest BCUT2D eigenvalue weighted by molar-refractivity contribution is 5.73. The highest BCUT2D eigenvalue weighted by Crippen LogP contribution is 2.34. The number of nitrogens with zero attached hydrogens (tertiary/aromatic N) is 4. The van der Waals surface area contributed by atoms with Crippen molar-refractivity contribution in [3.8, 4) is 5.75 Å². The van der Waals surface area contributed by atoms with Crippen LogP contribution in [-0.2, 0) is 13.5 Å². The maximum Gasteiger partial charge on any atom is 0.330 e. The number of ether oxygens (including phenoxy) is 1. The highest BCUT2D eigenvalue weighted by atomic mass is 16.5. The van der Waals surface area contributed by atoms with Crippen LogP contribution in [0, 0.1) is 6.92 Å². The highest BCUT2D eigenvalue weighted by Gasteiger charge is 2.32. The van der Waals surface area contributed by atoms with E-state index >= 15 is 0 Å². The first-order chi connectivity index (χ1) is 13.0. The average molecular weight is 367 g/mol. The molecule has 8 heteroatoms. The zero-order valence-corrected chi connectivity index (χ0v) is 15.3. The Hall–Kier alpha value is -2.87. The van der Waals surface area contributed by atoms with Gasteiger partial charge in [0, 0.05) is 25.2 Å². The number of rotatable bonds is 3. The smallest absolute Gasteiger partial charge is 0.330 e. The van der Waals surface area contributed by atoms with Crippen LogP contribution in [0.3, 0.4) is 0 Å². The van der Waals surface area contributed by atoms with Crippen LogP contribution < -0.4 is 15.7 Å². The summed E-state index contributed by atoms with van der Waals surface area (Å²) in [6, 6.07) is 4.08. The van der Waals surface area contributed by atoms with Gasteiger partial charge in [0.15, 0.2) is 5.65 Å². The number of benzene rings is 1. The fourth-order valence-corrected chi connectivity index (χ4v) is 3.88. The number of anilines is 2. The van der Waals surface area contributed by atoms with Crippen LogP contribution in [0.1, 0.15) is 30.0 Å². The van der Waals surface area contributed by atoms with Gasteiger partial charge >= 0.3 is 5.69 Å². The largest absolute Gasteiger partial charge is 0.493 e. The summed E-state index contributed by atoms with van der Waals surface area (Å²) in [5.41, 5.74) is 4.31. The molecule has 2 N–H and O–H groups in total. The van der Waals surface area contributed by atoms with E-state index in [9.17, 15) is 9.90 Å². The van der Waals surface area contributed by atoms with E-state index in [1.807, 2.05) is 13.0 Å². The predicted molar refractivity (Wildman–Crippen MR) is 101 cm³/mol. The topological polar surface area (TPSA) is 94.2 Å². The third-order valence-electron chi connectivity index (χ3n) is 5.57. The van der Waals surface area contributed by atoms with Crippen molar-refractivity contribution in [2.45, 2.75) is 38.3 Å². The van der Waals surface area contributed by atoms with Crippen LogP contribution in [0.4, 0.5) is 11.6 Å². The first kappa shape index (κ1) is 16.3. The van der Waals surface area contributed by atoms with Crippen molar-refractivity contribution in [1.82, 2.24) is 19.1 Å². The summed E-state index contributed by atoms with van der Waals surface area (Å²) in [7, 11) is 1.72. The lowest BCUT2D eigenvalue weighted by molar-refractivity contribution is 0.0484. The SMILES string of the molecule is Cc1cc2c(cc1Nc1ncc3c(n1)n([C@H]1C[C@H](O)C1)c(=O)n3C)CCO2. The minimum absolute atomic E-state index is 0.0159. The number of aliphatic hydroxyl groups excluding tert-OH is 1. The van der Waals surface area contributed by atoms with Gasteiger partial charge in [-0.3, -0.25) is 9.13 Å². The van der Waals surface area contributed by atoms with E-state index in [1.165, 1.54) is 5.56 Å². The number of hydrogen-bond donors (Lipinski definition) is 2. The Morgan fingerprint density at radius 2 is 2.15 bits per heavy atom. The van der Waals surface area contributed by atoms with Crippen LogP contribution >= 0.6 is 0 Å². The summed E-state index contributed by atoms with van der Waals surface area (Å²) in [5, 5.41) is 12.9. The molecule has 0 radical (unpaired) electrons. The lowest BCUT2D eigenvalue weighted by Gasteiger charge is -2.31. The van der Waals surface area contributed by atoms with Crippen molar-refractivity contribution < 1.29 is 9.84 Å². The maximum atomic E-state index is 12.6. The van der Waals surface area contributed by atoms with Gasteiger partial charge < -0.3 is 15.2 Å². The minimum Gasteiger partial charge on any atom is -0.493 e. The second kappa shape index (κ2) is 5.82. The van der Waals surface area contributed by atoms with E-state index in [1.54, 1.807) is 22.4 Å². The van der Waals surface area contributed by atoms with Gasteiger partial charge in [-0.2, -0.15) is 4.98 Å². The van der Waals surface area contributed by atoms with Crippen molar-refractivity contribution in [3.05, 3.63) is 39.9 Å². The van der Waals surface area contributed by atoms with Crippen molar-refractivity contribution in [2.24, 2.45) is 7.05 Å². The zero-order chi connectivity index (χ0) is 18.7. The number of nitrogens with one attached hydrogen (secondary N) is 1. The van der Waals surface area contributed by atoms with Gasteiger partial charge in [0.1, 0.15) is 11.3 Å². The zero-order valence-electron chi connectivity index (χ0n) is 15.3. The standard InChI is InChI=1S/C19H21N5O3/c1-10-5-16-11(3-4-27-16)6-14(10)21-18-20-9-15-17(22-18)24(19(26)23(15)2)12-7-13(25)8-12/h5-6,9,12-13,25H,3-4,7-8H2,1-2H3,(H,20,21,22)/t12-,13-. The Labute approximate surface area is 155 Å². The van der Waals surface area contributed by atoms with E-state index in [0.29, 0.717) is 36.6 Å². The lowest BCUT2D eigenvalue weighted by Crippen LogP contribution is -2.37. The summed E-state index contributed by atoms with van der Waals surface area (Å²) in [6.07, 6.45) is 3.38. The Kier molecular flexibility index (Phi) is 3.51. The molecule has 0 bridgehead atoms. The molecular formula is C19H21N5O3. The number of fused-ring (bicyclic) bond motifs is 2. The van der Waals surface area contributed by atoms with Crippen molar-refractivity contribution in [2.75, 3.05) is 11.9 Å². The van der Waals surface area contributed by atoms with Crippen molar-refractivity contribution in [1.29, 1.82) is 0 Å². The molecule has 1 aliphatic carbocycles. The number of hydrogen-bond acceptors (Lipinski definition) is 6. The second-order valence-corrected chi connectivity index (χ2v) is 7.39. The molecule has 8 nitrogen and oxygen atoms in total. The molecule has 2 aromatic heterocycles. The molecule has 2 aliphatic rings. The van der Waals surface area contributed by atoms with Crippen LogP contribution in [0.25, 0.3) is 11.2 Å². The van der Waals surface area contributed by atoms with E-state index in [-0.39, 0.29) is 17.8 Å². The van der Waals surface area contributed by atoms with Gasteiger partial charge in [-0.05, 0) is 43.0 Å². The molecule has 3 heterocycles. The van der Waals surface area contributed by atoms with Crippen molar-refractivity contribution in [3.63, 3.8) is 0 Å². The number of imidazole rings is 1. The lowest BCUT2D eigenvalue weighted by atomic mass is 9.89. The molecular weight excluding hydrogens is 346 g/mol. The molecule has 5 rings (SSSR count). The van der Waals surface area contributed by atoms with Gasteiger partial charge in [0.2, 0.25) is 5.95 Å². The molecule has 1 saturated carbocycles. The molecule has 27 heavy (non-hydrogen) atoms. The Bertz CT molecular complexity index is 1110. The third kappa shape index (κ3) is 2.51. The molecule has 0 unspecified atom stereocenters. The fourth-order valence-electron chi connectivity index (χ4n) is 3.88. The first-order valence-electron chi connectivity index (χ1n) is 9.16. The summed E-state index contributed by atoms with van der Waals surface area (Å²) in [5.74, 6) is 1.39. The molecule has 3 aromatic rings. The molecule has 1 aromatic carbocycles. The summed E-state index contributed by atoms with van der Waals surface area (Å²) < 4.78 is 8.84. The van der Waals surface area contributed by atoms with Crippen LogP contribution in [-0.4, -0.2) is 36.9 Å². The molecule has 0 atom stereocenters. The Balaban J connectivity index is 1.55. The van der Waals surface area contributed by atoms with Crippen LogP contribution in [0.5, 0.6) is 5.75 Å². The number of aliphatic hydroxyl groups is 1. The quantitative estimate of drug-likeness (QED) is 0.733. The summed E-state index contributed by atoms with van der Waals surface area (Å²) in [4.78, 5) is 21.6. The molecule has 0 amide bonds. The summed E-state index contributed by atoms with van der Waals surface area (Å²) >= 11 is 0. The van der Waals surface area contributed by atoms with E-state index in [2.05, 4.69) is 21.4 Å².